The van der Waals surface area contributed by atoms with Gasteiger partial charge in [-0.15, -0.1) is 0 Å². The quantitative estimate of drug-likeness (QED) is 0.883. The number of amides is 1. The summed E-state index contributed by atoms with van der Waals surface area (Å²) < 4.78 is 1.04. The van der Waals surface area contributed by atoms with Gasteiger partial charge in [0, 0.05) is 16.4 Å². The Morgan fingerprint density at radius 2 is 1.85 bits per heavy atom. The van der Waals surface area contributed by atoms with Crippen LogP contribution in [0.25, 0.3) is 0 Å². The minimum Gasteiger partial charge on any atom is -0.347 e. The second-order valence-corrected chi connectivity index (χ2v) is 7.34. The molecule has 1 aliphatic carbocycles. The summed E-state index contributed by atoms with van der Waals surface area (Å²) >= 11 is 3.42. The molecule has 0 unspecified atom stereocenters. The molecule has 1 aliphatic rings. The first-order chi connectivity index (χ1) is 9.31. The van der Waals surface area contributed by atoms with E-state index in [0.717, 1.165) is 35.7 Å². The van der Waals surface area contributed by atoms with Crippen molar-refractivity contribution < 1.29 is 4.79 Å². The summed E-state index contributed by atoms with van der Waals surface area (Å²) in [4.78, 5) is 12.3. The lowest BCUT2D eigenvalue weighted by Crippen LogP contribution is -2.47. The average molecular weight is 339 g/mol. The van der Waals surface area contributed by atoms with Gasteiger partial charge in [-0.25, -0.2) is 0 Å². The molecular formula is C16H23BrN2O. The number of halogens is 1. The zero-order valence-electron chi connectivity index (χ0n) is 12.2. The monoisotopic (exact) mass is 338 g/mol. The van der Waals surface area contributed by atoms with E-state index in [1.807, 2.05) is 38.1 Å². The van der Waals surface area contributed by atoms with Gasteiger partial charge in [-0.2, -0.15) is 0 Å². The topological polar surface area (TPSA) is 55.1 Å². The molecule has 1 saturated carbocycles. The highest BCUT2D eigenvalue weighted by molar-refractivity contribution is 9.10. The van der Waals surface area contributed by atoms with Gasteiger partial charge < -0.3 is 11.1 Å². The number of hydrogen-bond donors (Lipinski definition) is 2. The molecule has 3 N–H and O–H groups in total. The number of carbonyl (C=O) groups is 1. The summed E-state index contributed by atoms with van der Waals surface area (Å²) in [7, 11) is 0. The van der Waals surface area contributed by atoms with Gasteiger partial charge in [0.1, 0.15) is 0 Å². The van der Waals surface area contributed by atoms with Crippen LogP contribution in [0.2, 0.25) is 0 Å². The van der Waals surface area contributed by atoms with Gasteiger partial charge in [0.2, 0.25) is 5.91 Å². The van der Waals surface area contributed by atoms with Crippen molar-refractivity contribution in [3.05, 3.63) is 34.3 Å². The Labute approximate surface area is 129 Å². The highest BCUT2D eigenvalue weighted by Gasteiger charge is 2.33. The Hall–Kier alpha value is -0.870. The van der Waals surface area contributed by atoms with Crippen LogP contribution in [0.1, 0.15) is 51.5 Å². The lowest BCUT2D eigenvalue weighted by atomic mass is 9.91. The fraction of sp³-hybridized carbons (Fsp3) is 0.562. The van der Waals surface area contributed by atoms with Crippen LogP contribution in [0.4, 0.5) is 0 Å². The molecule has 1 aromatic rings. The Morgan fingerprint density at radius 3 is 2.40 bits per heavy atom. The smallest absolute Gasteiger partial charge is 0.222 e. The first-order valence-corrected chi connectivity index (χ1v) is 7.96. The minimum atomic E-state index is -0.382. The Balaban J connectivity index is 2.00. The predicted octanol–water partition coefficient (Wildman–Crippen LogP) is 3.46. The maximum absolute atomic E-state index is 12.3. The van der Waals surface area contributed by atoms with Crippen LogP contribution in [-0.2, 0) is 10.3 Å². The molecule has 1 fully saturated rings. The summed E-state index contributed by atoms with van der Waals surface area (Å²) in [6, 6.07) is 8.03. The van der Waals surface area contributed by atoms with Crippen molar-refractivity contribution in [2.24, 2.45) is 5.73 Å². The van der Waals surface area contributed by atoms with Crippen LogP contribution < -0.4 is 11.1 Å². The van der Waals surface area contributed by atoms with Gasteiger partial charge in [-0.1, -0.05) is 40.9 Å². The highest BCUT2D eigenvalue weighted by Crippen LogP contribution is 2.30. The molecule has 0 heterocycles. The van der Waals surface area contributed by atoms with E-state index >= 15 is 0 Å². The van der Waals surface area contributed by atoms with Gasteiger partial charge in [0.05, 0.1) is 5.54 Å². The Bertz CT molecular complexity index is 476. The van der Waals surface area contributed by atoms with E-state index in [0.29, 0.717) is 6.42 Å². The minimum absolute atomic E-state index is 0.0438. The average Bonchev–Trinajstić information content (AvgIpc) is 2.75. The lowest BCUT2D eigenvalue weighted by Gasteiger charge is -2.30. The second kappa shape index (κ2) is 5.86. The van der Waals surface area contributed by atoms with Crippen molar-refractivity contribution in [3.63, 3.8) is 0 Å². The van der Waals surface area contributed by atoms with Crippen LogP contribution in [0.15, 0.2) is 28.7 Å². The molecule has 110 valence electrons. The molecule has 0 aromatic heterocycles. The lowest BCUT2D eigenvalue weighted by molar-refractivity contribution is -0.123. The van der Waals surface area contributed by atoms with E-state index in [9.17, 15) is 4.79 Å². The van der Waals surface area contributed by atoms with Crippen LogP contribution in [-0.4, -0.2) is 11.4 Å². The third kappa shape index (κ3) is 3.83. The van der Waals surface area contributed by atoms with E-state index in [-0.39, 0.29) is 17.0 Å². The Kier molecular flexibility index (Phi) is 4.55. The molecule has 0 atom stereocenters. The summed E-state index contributed by atoms with van der Waals surface area (Å²) in [5.74, 6) is 0.0438. The van der Waals surface area contributed by atoms with Gasteiger partial charge in [-0.3, -0.25) is 4.79 Å². The zero-order chi connectivity index (χ0) is 14.8. The standard InChI is InChI=1S/C16H23BrN2O/c1-15(2,12-5-7-13(17)8-6-12)19-14(20)11-16(18)9-3-4-10-16/h5-8H,3-4,9-11,18H2,1-2H3,(H,19,20). The molecule has 0 bridgehead atoms. The largest absolute Gasteiger partial charge is 0.347 e. The number of benzene rings is 1. The van der Waals surface area contributed by atoms with Gasteiger partial charge in [0.15, 0.2) is 0 Å². The highest BCUT2D eigenvalue weighted by atomic mass is 79.9. The second-order valence-electron chi connectivity index (χ2n) is 6.43. The summed E-state index contributed by atoms with van der Waals surface area (Å²) in [6.45, 7) is 4.04. The van der Waals surface area contributed by atoms with Crippen molar-refractivity contribution >= 4 is 21.8 Å². The van der Waals surface area contributed by atoms with E-state index in [1.54, 1.807) is 0 Å². The van der Waals surface area contributed by atoms with Gasteiger partial charge >= 0.3 is 0 Å². The van der Waals surface area contributed by atoms with Crippen molar-refractivity contribution in [1.82, 2.24) is 5.32 Å². The van der Waals surface area contributed by atoms with E-state index in [1.165, 1.54) is 0 Å². The van der Waals surface area contributed by atoms with Crippen LogP contribution in [0.3, 0.4) is 0 Å². The molecule has 0 radical (unpaired) electrons. The number of rotatable bonds is 4. The fourth-order valence-corrected chi connectivity index (χ4v) is 3.17. The Morgan fingerprint density at radius 1 is 1.30 bits per heavy atom. The molecule has 2 rings (SSSR count). The molecule has 3 nitrogen and oxygen atoms in total. The summed E-state index contributed by atoms with van der Waals surface area (Å²) in [5.41, 5.74) is 6.69. The van der Waals surface area contributed by atoms with Crippen LogP contribution in [0.5, 0.6) is 0 Å². The van der Waals surface area contributed by atoms with E-state index < -0.39 is 0 Å². The number of nitrogens with one attached hydrogen (secondary N) is 1. The van der Waals surface area contributed by atoms with Crippen molar-refractivity contribution in [1.29, 1.82) is 0 Å². The SMILES string of the molecule is CC(C)(NC(=O)CC1(N)CCCC1)c1ccc(Br)cc1. The molecule has 20 heavy (non-hydrogen) atoms. The third-order valence-corrected chi connectivity index (χ3v) is 4.66. The molecule has 0 saturated heterocycles. The maximum atomic E-state index is 12.3. The normalized spacial score (nSPS) is 18.0. The zero-order valence-corrected chi connectivity index (χ0v) is 13.8. The van der Waals surface area contributed by atoms with Crippen molar-refractivity contribution in [2.75, 3.05) is 0 Å². The molecule has 1 aromatic carbocycles. The summed E-state index contributed by atoms with van der Waals surface area (Å²) in [6.07, 6.45) is 4.62. The number of hydrogen-bond acceptors (Lipinski definition) is 2. The number of carbonyl (C=O) groups excluding carboxylic acids is 1. The maximum Gasteiger partial charge on any atom is 0.222 e. The molecule has 1 amide bonds. The van der Waals surface area contributed by atoms with Crippen molar-refractivity contribution in [2.45, 2.75) is 57.0 Å². The molecule has 4 heteroatoms. The fourth-order valence-electron chi connectivity index (χ4n) is 2.91. The van der Waals surface area contributed by atoms with Crippen molar-refractivity contribution in [3.8, 4) is 0 Å². The molecular weight excluding hydrogens is 316 g/mol. The van der Waals surface area contributed by atoms with Crippen LogP contribution in [0, 0.1) is 0 Å². The van der Waals surface area contributed by atoms with Crippen LogP contribution >= 0.6 is 15.9 Å². The van der Waals surface area contributed by atoms with Gasteiger partial charge in [0.25, 0.3) is 0 Å². The number of nitrogens with two attached hydrogens (primary N) is 1. The molecule has 0 spiro atoms. The van der Waals surface area contributed by atoms with Gasteiger partial charge in [-0.05, 0) is 44.4 Å². The van der Waals surface area contributed by atoms with E-state index in [4.69, 9.17) is 5.73 Å². The predicted molar refractivity (Wildman–Crippen MR) is 85.3 cm³/mol. The third-order valence-electron chi connectivity index (χ3n) is 4.13. The summed E-state index contributed by atoms with van der Waals surface area (Å²) in [5, 5.41) is 3.11. The first-order valence-electron chi connectivity index (χ1n) is 7.17. The molecule has 0 aliphatic heterocycles. The van der Waals surface area contributed by atoms with E-state index in [2.05, 4.69) is 21.2 Å². The first kappa shape index (κ1) is 15.5.